The minimum atomic E-state index is -0.274. The maximum Gasteiger partial charge on any atom is 0.0726 e. The van der Waals surface area contributed by atoms with Crippen molar-refractivity contribution in [2.45, 2.75) is 38.7 Å². The Morgan fingerprint density at radius 1 is 1.33 bits per heavy atom. The van der Waals surface area contributed by atoms with Gasteiger partial charge >= 0.3 is 0 Å². The van der Waals surface area contributed by atoms with Crippen molar-refractivity contribution in [2.75, 3.05) is 0 Å². The number of aliphatic hydroxyl groups is 1. The molecule has 0 aliphatic heterocycles. The van der Waals surface area contributed by atoms with E-state index < -0.39 is 0 Å². The monoisotopic (exact) mass is 203 g/mol. The van der Waals surface area contributed by atoms with Gasteiger partial charge in [-0.3, -0.25) is 4.98 Å². The van der Waals surface area contributed by atoms with Gasteiger partial charge in [-0.05, 0) is 43.4 Å². The highest BCUT2D eigenvalue weighted by Gasteiger charge is 2.10. The number of pyridine rings is 1. The van der Waals surface area contributed by atoms with Crippen LogP contribution in [-0.4, -0.2) is 16.2 Å². The van der Waals surface area contributed by atoms with Gasteiger partial charge in [-0.2, -0.15) is 0 Å². The molecule has 0 spiro atoms. The van der Waals surface area contributed by atoms with E-state index in [2.05, 4.69) is 11.1 Å². The van der Waals surface area contributed by atoms with E-state index in [1.54, 1.807) is 0 Å². The fraction of sp³-hybridized carbons (Fsp3) is 0.462. The van der Waals surface area contributed by atoms with Crippen LogP contribution in [0, 0.1) is 6.92 Å². The van der Waals surface area contributed by atoms with Crippen LogP contribution >= 0.6 is 0 Å². The lowest BCUT2D eigenvalue weighted by atomic mass is 10.0. The first-order valence-corrected chi connectivity index (χ1v) is 5.57. The molecule has 0 amide bonds. The molecule has 2 rings (SSSR count). The Kier molecular flexibility index (Phi) is 3.17. The molecule has 1 aliphatic carbocycles. The van der Waals surface area contributed by atoms with Gasteiger partial charge in [0.25, 0.3) is 0 Å². The molecule has 0 fully saturated rings. The van der Waals surface area contributed by atoms with Gasteiger partial charge in [0, 0.05) is 11.9 Å². The topological polar surface area (TPSA) is 33.1 Å². The Bertz CT molecular complexity index is 353. The molecule has 80 valence electrons. The van der Waals surface area contributed by atoms with Crippen LogP contribution in [0.5, 0.6) is 0 Å². The number of hydrogen-bond donors (Lipinski definition) is 1. The molecule has 1 heterocycles. The summed E-state index contributed by atoms with van der Waals surface area (Å²) >= 11 is 0. The lowest BCUT2D eigenvalue weighted by Crippen LogP contribution is -2.00. The second-order valence-corrected chi connectivity index (χ2v) is 4.19. The third kappa shape index (κ3) is 2.66. The summed E-state index contributed by atoms with van der Waals surface area (Å²) in [5.41, 5.74) is 3.43. The van der Waals surface area contributed by atoms with Crippen molar-refractivity contribution < 1.29 is 5.11 Å². The molecule has 0 saturated heterocycles. The third-order valence-electron chi connectivity index (χ3n) is 2.87. The molecule has 2 heteroatoms. The van der Waals surface area contributed by atoms with Gasteiger partial charge in [-0.1, -0.05) is 18.6 Å². The van der Waals surface area contributed by atoms with Gasteiger partial charge in [-0.15, -0.1) is 0 Å². The summed E-state index contributed by atoms with van der Waals surface area (Å²) in [6.45, 7) is 1.99. The van der Waals surface area contributed by atoms with E-state index in [-0.39, 0.29) is 6.10 Å². The van der Waals surface area contributed by atoms with Crippen molar-refractivity contribution in [1.29, 1.82) is 0 Å². The van der Waals surface area contributed by atoms with Crippen molar-refractivity contribution >= 4 is 5.57 Å². The summed E-state index contributed by atoms with van der Waals surface area (Å²) in [6, 6.07) is 4.11. The number of aliphatic hydroxyl groups excluding tert-OH is 1. The number of hydrogen-bond acceptors (Lipinski definition) is 2. The Morgan fingerprint density at radius 2 is 2.20 bits per heavy atom. The quantitative estimate of drug-likeness (QED) is 0.761. The summed E-state index contributed by atoms with van der Waals surface area (Å²) in [5, 5.41) is 9.68. The van der Waals surface area contributed by atoms with Crippen LogP contribution in [0.25, 0.3) is 5.57 Å². The first kappa shape index (κ1) is 10.4. The molecule has 0 bridgehead atoms. The number of nitrogens with zero attached hydrogens (tertiary/aromatic N) is 1. The first-order chi connectivity index (χ1) is 7.25. The summed E-state index contributed by atoms with van der Waals surface area (Å²) in [4.78, 5) is 4.29. The maximum absolute atomic E-state index is 9.68. The first-order valence-electron chi connectivity index (χ1n) is 5.57. The van der Waals surface area contributed by atoms with Crippen molar-refractivity contribution in [3.05, 3.63) is 35.7 Å². The Hall–Kier alpha value is -1.15. The maximum atomic E-state index is 9.68. The summed E-state index contributed by atoms with van der Waals surface area (Å²) in [5.74, 6) is 0. The zero-order valence-electron chi connectivity index (χ0n) is 9.11. The highest BCUT2D eigenvalue weighted by molar-refractivity contribution is 5.65. The smallest absolute Gasteiger partial charge is 0.0726 e. The van der Waals surface area contributed by atoms with E-state index in [1.165, 1.54) is 5.57 Å². The molecule has 1 unspecified atom stereocenters. The molecule has 1 aromatic rings. The molecule has 1 aromatic heterocycles. The molecular formula is C13H17NO. The van der Waals surface area contributed by atoms with Crippen LogP contribution in [0.1, 0.15) is 36.9 Å². The average Bonchev–Trinajstić information content (AvgIpc) is 2.44. The van der Waals surface area contributed by atoms with E-state index in [1.807, 2.05) is 25.3 Å². The molecule has 1 N–H and O–H groups in total. The highest BCUT2D eigenvalue weighted by atomic mass is 16.3. The van der Waals surface area contributed by atoms with Gasteiger partial charge in [0.05, 0.1) is 6.10 Å². The number of aryl methyl sites for hydroxylation is 1. The molecule has 0 aromatic carbocycles. The van der Waals surface area contributed by atoms with Crippen LogP contribution in [0.15, 0.2) is 24.4 Å². The van der Waals surface area contributed by atoms with E-state index >= 15 is 0 Å². The number of allylic oxidation sites excluding steroid dienone is 1. The second kappa shape index (κ2) is 4.58. The zero-order valence-corrected chi connectivity index (χ0v) is 9.11. The van der Waals surface area contributed by atoms with Crippen LogP contribution in [0.3, 0.4) is 0 Å². The Balaban J connectivity index is 2.24. The van der Waals surface area contributed by atoms with Gasteiger partial charge in [0.1, 0.15) is 0 Å². The van der Waals surface area contributed by atoms with E-state index in [4.69, 9.17) is 0 Å². The molecule has 0 saturated carbocycles. The summed E-state index contributed by atoms with van der Waals surface area (Å²) < 4.78 is 0. The van der Waals surface area contributed by atoms with E-state index in [9.17, 15) is 5.11 Å². The molecule has 0 radical (unpaired) electrons. The minimum absolute atomic E-state index is 0.274. The largest absolute Gasteiger partial charge is 0.389 e. The lowest BCUT2D eigenvalue weighted by Gasteiger charge is -2.06. The molecular weight excluding hydrogens is 186 g/mol. The van der Waals surface area contributed by atoms with Crippen molar-refractivity contribution in [3.8, 4) is 0 Å². The highest BCUT2D eigenvalue weighted by Crippen LogP contribution is 2.25. The second-order valence-electron chi connectivity index (χ2n) is 4.19. The lowest BCUT2D eigenvalue weighted by molar-refractivity contribution is 0.211. The third-order valence-corrected chi connectivity index (χ3v) is 2.87. The predicted molar refractivity (Wildman–Crippen MR) is 61.4 cm³/mol. The average molecular weight is 203 g/mol. The van der Waals surface area contributed by atoms with Crippen LogP contribution < -0.4 is 0 Å². The molecule has 1 aliphatic rings. The molecule has 15 heavy (non-hydrogen) atoms. The standard InChI is InChI=1S/C13H17NO/c1-10-6-7-12(9-14-10)11-4-2-3-5-13(15)8-11/h6-9,13,15H,2-5H2,1H3. The molecule has 2 nitrogen and oxygen atoms in total. The minimum Gasteiger partial charge on any atom is -0.389 e. The SMILES string of the molecule is Cc1ccc(C2=CC(O)CCCC2)cn1. The Morgan fingerprint density at radius 3 is 2.93 bits per heavy atom. The van der Waals surface area contributed by atoms with Crippen molar-refractivity contribution in [2.24, 2.45) is 0 Å². The van der Waals surface area contributed by atoms with Gasteiger partial charge in [-0.25, -0.2) is 0 Å². The summed E-state index contributed by atoms with van der Waals surface area (Å²) in [6.07, 6.45) is 7.84. The normalized spacial score (nSPS) is 22.0. The Labute approximate surface area is 90.7 Å². The number of rotatable bonds is 1. The molecule has 1 atom stereocenters. The van der Waals surface area contributed by atoms with Crippen molar-refractivity contribution in [1.82, 2.24) is 4.98 Å². The summed E-state index contributed by atoms with van der Waals surface area (Å²) in [7, 11) is 0. The van der Waals surface area contributed by atoms with Crippen LogP contribution in [-0.2, 0) is 0 Å². The van der Waals surface area contributed by atoms with Crippen molar-refractivity contribution in [3.63, 3.8) is 0 Å². The van der Waals surface area contributed by atoms with Crippen LogP contribution in [0.2, 0.25) is 0 Å². The predicted octanol–water partition coefficient (Wildman–Crippen LogP) is 2.71. The van der Waals surface area contributed by atoms with E-state index in [0.717, 1.165) is 36.9 Å². The van der Waals surface area contributed by atoms with Gasteiger partial charge < -0.3 is 5.11 Å². The fourth-order valence-corrected chi connectivity index (χ4v) is 1.97. The zero-order chi connectivity index (χ0) is 10.7. The number of aromatic nitrogens is 1. The van der Waals surface area contributed by atoms with Crippen LogP contribution in [0.4, 0.5) is 0 Å². The van der Waals surface area contributed by atoms with Gasteiger partial charge in [0.2, 0.25) is 0 Å². The fourth-order valence-electron chi connectivity index (χ4n) is 1.97. The van der Waals surface area contributed by atoms with Gasteiger partial charge in [0.15, 0.2) is 0 Å². The van der Waals surface area contributed by atoms with E-state index in [0.29, 0.717) is 0 Å².